The van der Waals surface area contributed by atoms with Gasteiger partial charge in [-0.1, -0.05) is 122 Å². The largest absolute Gasteiger partial charge is 0.183 e. The molecule has 2 saturated heterocycles. The molecule has 0 spiro atoms. The highest BCUT2D eigenvalue weighted by molar-refractivity contribution is 6.83. The van der Waals surface area contributed by atoms with Gasteiger partial charge in [-0.15, -0.1) is 0 Å². The molecule has 2 aromatic rings. The van der Waals surface area contributed by atoms with Gasteiger partial charge >= 0.3 is 0 Å². The zero-order valence-corrected chi connectivity index (χ0v) is 13.8. The summed E-state index contributed by atoms with van der Waals surface area (Å²) >= 11 is 0. The Bertz CT molecular complexity index is 645. The van der Waals surface area contributed by atoms with Crippen molar-refractivity contribution in [2.75, 3.05) is 0 Å². The molecule has 2 aliphatic rings. The molecule has 0 N–H and O–H groups in total. The van der Waals surface area contributed by atoms with Gasteiger partial charge in [-0.05, 0) is 11.1 Å². The Kier molecular flexibility index (Phi) is 4.37. The number of hydrogen-bond donors (Lipinski definition) is 0. The summed E-state index contributed by atoms with van der Waals surface area (Å²) in [6.07, 6.45) is 11.1. The van der Waals surface area contributed by atoms with Gasteiger partial charge in [-0.25, -0.2) is 0 Å². The lowest BCUT2D eigenvalue weighted by Gasteiger charge is -2.23. The van der Waals surface area contributed by atoms with Crippen LogP contribution < -0.4 is 0 Å². The van der Waals surface area contributed by atoms with Crippen LogP contribution in [-0.2, 0) is 0 Å². The average Bonchev–Trinajstić information content (AvgIpc) is 2.87. The van der Waals surface area contributed by atoms with Gasteiger partial charge in [0.25, 0.3) is 0 Å². The van der Waals surface area contributed by atoms with Gasteiger partial charge < -0.3 is 0 Å². The fraction of sp³-hybridized carbons (Fsp3) is 0.364. The second-order valence-electron chi connectivity index (χ2n) is 7.28. The Morgan fingerprint density at radius 2 is 1.30 bits per heavy atom. The molecule has 0 aliphatic carbocycles. The molecule has 0 aromatic heterocycles. The van der Waals surface area contributed by atoms with Gasteiger partial charge in [-0.2, -0.15) is 0 Å². The Morgan fingerprint density at radius 1 is 0.739 bits per heavy atom. The highest BCUT2D eigenvalue weighted by Crippen LogP contribution is 2.51. The fourth-order valence-corrected chi connectivity index (χ4v) is 4.87. The molecule has 0 radical (unpaired) electrons. The van der Waals surface area contributed by atoms with E-state index in [4.69, 9.17) is 0 Å². The van der Waals surface area contributed by atoms with Gasteiger partial charge in [0.05, 0.1) is 0 Å². The SMILES string of the molecule is C(=C(B1[C@@H]2CCCC[C@H]1CC2)c1ccccc1)c1ccccc1. The van der Waals surface area contributed by atoms with E-state index in [2.05, 4.69) is 66.7 Å². The van der Waals surface area contributed by atoms with Crippen molar-refractivity contribution in [3.8, 4) is 0 Å². The maximum atomic E-state index is 2.47. The third kappa shape index (κ3) is 3.15. The van der Waals surface area contributed by atoms with Crippen LogP contribution in [-0.4, -0.2) is 6.71 Å². The third-order valence-electron chi connectivity index (χ3n) is 5.91. The minimum absolute atomic E-state index is 0.764. The van der Waals surface area contributed by atoms with E-state index in [9.17, 15) is 0 Å². The lowest BCUT2D eigenvalue weighted by atomic mass is 9.32. The predicted molar refractivity (Wildman–Crippen MR) is 102 cm³/mol. The van der Waals surface area contributed by atoms with Crippen LogP contribution in [0.1, 0.15) is 49.7 Å². The number of rotatable bonds is 3. The summed E-state index contributed by atoms with van der Waals surface area (Å²) in [5, 5.41) is 0. The molecule has 2 fully saturated rings. The smallest absolute Gasteiger partial charge is 0.0718 e. The minimum Gasteiger partial charge on any atom is -0.0718 e. The average molecular weight is 300 g/mol. The third-order valence-corrected chi connectivity index (χ3v) is 5.91. The molecule has 2 atom stereocenters. The Morgan fingerprint density at radius 3 is 1.91 bits per heavy atom. The molecule has 0 nitrogen and oxygen atoms in total. The van der Waals surface area contributed by atoms with E-state index in [-0.39, 0.29) is 0 Å². The lowest BCUT2D eigenvalue weighted by Crippen LogP contribution is -2.21. The summed E-state index contributed by atoms with van der Waals surface area (Å²) in [7, 11) is 0. The molecule has 2 bridgehead atoms. The van der Waals surface area contributed by atoms with Crippen LogP contribution in [0, 0.1) is 0 Å². The molecule has 2 aromatic carbocycles. The van der Waals surface area contributed by atoms with Crippen molar-refractivity contribution in [2.24, 2.45) is 0 Å². The summed E-state index contributed by atoms with van der Waals surface area (Å²) in [5.41, 5.74) is 4.36. The second-order valence-corrected chi connectivity index (χ2v) is 7.28. The van der Waals surface area contributed by atoms with E-state index >= 15 is 0 Å². The second kappa shape index (κ2) is 6.78. The summed E-state index contributed by atoms with van der Waals surface area (Å²) in [5.74, 6) is 1.80. The van der Waals surface area contributed by atoms with E-state index in [1.54, 1.807) is 5.47 Å². The molecule has 0 amide bonds. The highest BCUT2D eigenvalue weighted by Gasteiger charge is 2.42. The zero-order chi connectivity index (χ0) is 15.5. The van der Waals surface area contributed by atoms with Crippen molar-refractivity contribution in [2.45, 2.75) is 50.2 Å². The fourth-order valence-electron chi connectivity index (χ4n) is 4.87. The first kappa shape index (κ1) is 14.8. The van der Waals surface area contributed by atoms with Crippen LogP contribution in [0.4, 0.5) is 0 Å². The minimum atomic E-state index is 0.764. The van der Waals surface area contributed by atoms with Crippen LogP contribution in [0.25, 0.3) is 11.5 Å². The van der Waals surface area contributed by atoms with E-state index in [1.807, 2.05) is 0 Å². The van der Waals surface area contributed by atoms with Crippen molar-refractivity contribution < 1.29 is 0 Å². The number of benzene rings is 2. The van der Waals surface area contributed by atoms with Gasteiger partial charge in [0.2, 0.25) is 0 Å². The summed E-state index contributed by atoms with van der Waals surface area (Å²) in [6, 6.07) is 22.0. The van der Waals surface area contributed by atoms with Gasteiger partial charge in [0.15, 0.2) is 6.71 Å². The van der Waals surface area contributed by atoms with Gasteiger partial charge in [0.1, 0.15) is 0 Å². The molecule has 23 heavy (non-hydrogen) atoms. The lowest BCUT2D eigenvalue weighted by molar-refractivity contribution is 0.548. The summed E-state index contributed by atoms with van der Waals surface area (Å²) in [4.78, 5) is 0. The van der Waals surface area contributed by atoms with Crippen LogP contribution in [0.2, 0.25) is 11.6 Å². The summed E-state index contributed by atoms with van der Waals surface area (Å²) in [6.45, 7) is 0.764. The topological polar surface area (TPSA) is 0 Å². The predicted octanol–water partition coefficient (Wildman–Crippen LogP) is 6.37. The first-order valence-corrected chi connectivity index (χ1v) is 9.24. The maximum absolute atomic E-state index is 2.47. The maximum Gasteiger partial charge on any atom is 0.183 e. The quantitative estimate of drug-likeness (QED) is 0.456. The monoisotopic (exact) mass is 300 g/mol. The van der Waals surface area contributed by atoms with Gasteiger partial charge in [0, 0.05) is 0 Å². The van der Waals surface area contributed by atoms with E-state index < -0.39 is 0 Å². The van der Waals surface area contributed by atoms with E-state index in [0.29, 0.717) is 0 Å². The first-order valence-electron chi connectivity index (χ1n) is 9.24. The molecule has 0 saturated carbocycles. The molecular weight excluding hydrogens is 275 g/mol. The molecule has 1 heteroatoms. The van der Waals surface area contributed by atoms with Crippen molar-refractivity contribution in [1.82, 2.24) is 0 Å². The number of fused-ring (bicyclic) bond motifs is 2. The van der Waals surface area contributed by atoms with Crippen molar-refractivity contribution in [3.05, 3.63) is 71.8 Å². The Hall–Kier alpha value is -1.76. The van der Waals surface area contributed by atoms with Crippen molar-refractivity contribution in [3.63, 3.8) is 0 Å². The van der Waals surface area contributed by atoms with E-state index in [0.717, 1.165) is 18.3 Å². The summed E-state index contributed by atoms with van der Waals surface area (Å²) < 4.78 is 0. The normalized spacial score (nSPS) is 24.5. The standard InChI is InChI=1S/C22H25B/c1-3-9-18(10-4-1)17-22(19-11-5-2-6-12-19)23-20-13-7-8-14-21(23)16-15-20/h1-6,9-12,17,20-21H,7-8,13-16H2/t20-,21+. The van der Waals surface area contributed by atoms with Gasteiger partial charge in [-0.3, -0.25) is 0 Å². The number of hydrogen-bond acceptors (Lipinski definition) is 0. The van der Waals surface area contributed by atoms with Crippen molar-refractivity contribution >= 4 is 18.3 Å². The molecular formula is C22H25B. The zero-order valence-electron chi connectivity index (χ0n) is 13.8. The molecule has 4 rings (SSSR count). The molecule has 2 heterocycles. The van der Waals surface area contributed by atoms with Crippen molar-refractivity contribution in [1.29, 1.82) is 0 Å². The van der Waals surface area contributed by atoms with Crippen LogP contribution in [0.5, 0.6) is 0 Å². The Balaban J connectivity index is 1.78. The van der Waals surface area contributed by atoms with E-state index in [1.165, 1.54) is 49.7 Å². The molecule has 2 aliphatic heterocycles. The van der Waals surface area contributed by atoms with Crippen LogP contribution in [0.15, 0.2) is 60.7 Å². The molecule has 0 unspecified atom stereocenters. The van der Waals surface area contributed by atoms with Crippen LogP contribution in [0.3, 0.4) is 0 Å². The van der Waals surface area contributed by atoms with Crippen LogP contribution >= 0.6 is 0 Å². The highest BCUT2D eigenvalue weighted by atomic mass is 14.3. The Labute approximate surface area is 140 Å². The first-order chi connectivity index (χ1) is 11.4. The molecule has 116 valence electrons.